The van der Waals surface area contributed by atoms with Gasteiger partial charge in [-0.15, -0.1) is 0 Å². The minimum absolute atomic E-state index is 0.185. The van der Waals surface area contributed by atoms with Gasteiger partial charge in [-0.25, -0.2) is 0 Å². The molecule has 164 valence electrons. The Morgan fingerprint density at radius 3 is 2.28 bits per heavy atom. The van der Waals surface area contributed by atoms with E-state index in [-0.39, 0.29) is 30.6 Å². The van der Waals surface area contributed by atoms with Crippen LogP contribution >= 0.6 is 0 Å². The number of carbonyl (C=O) groups is 3. The van der Waals surface area contributed by atoms with E-state index in [9.17, 15) is 14.4 Å². The third kappa shape index (κ3) is 3.91. The lowest BCUT2D eigenvalue weighted by molar-refractivity contribution is -0.144. The van der Waals surface area contributed by atoms with E-state index in [2.05, 4.69) is 29.2 Å². The van der Waals surface area contributed by atoms with Crippen molar-refractivity contribution in [2.45, 2.75) is 39.7 Å². The summed E-state index contributed by atoms with van der Waals surface area (Å²) < 4.78 is 0. The number of hydrogen-bond donors (Lipinski definition) is 0. The summed E-state index contributed by atoms with van der Waals surface area (Å²) in [6.45, 7) is 3.41. The fourth-order valence-electron chi connectivity index (χ4n) is 4.43. The van der Waals surface area contributed by atoms with Crippen molar-refractivity contribution in [3.63, 3.8) is 0 Å². The molecule has 1 aliphatic carbocycles. The van der Waals surface area contributed by atoms with Crippen molar-refractivity contribution < 1.29 is 14.4 Å². The first-order valence-electron chi connectivity index (χ1n) is 11.0. The molecule has 5 heteroatoms. The normalized spacial score (nSPS) is 12.7. The largest absolute Gasteiger partial charge is 0.378 e. The van der Waals surface area contributed by atoms with Crippen molar-refractivity contribution in [2.75, 3.05) is 19.0 Å². The van der Waals surface area contributed by atoms with Gasteiger partial charge in [0.25, 0.3) is 0 Å². The van der Waals surface area contributed by atoms with Crippen LogP contribution in [-0.2, 0) is 22.6 Å². The SMILES string of the molecule is CCC(=O)N(Cc1ccc(-c2c3c(cc4ccc(N(C)C)cc24)CCC3=O)cc1)C(C)=O. The van der Waals surface area contributed by atoms with Gasteiger partial charge < -0.3 is 4.90 Å². The standard InChI is InChI=1S/C27H28N2O3/c1-5-25(32)29(17(2)30)16-18-6-8-19(9-7-18)26-23-15-22(28(3)4)12-10-20(23)14-21-11-13-24(31)27(21)26/h6-10,12,14-15H,5,11,13,16H2,1-4H3. The first-order chi connectivity index (χ1) is 15.3. The maximum Gasteiger partial charge on any atom is 0.229 e. The van der Waals surface area contributed by atoms with Gasteiger partial charge in [0.05, 0.1) is 6.54 Å². The number of amides is 2. The minimum Gasteiger partial charge on any atom is -0.378 e. The second-order valence-electron chi connectivity index (χ2n) is 8.56. The van der Waals surface area contributed by atoms with Crippen LogP contribution in [-0.4, -0.2) is 36.6 Å². The van der Waals surface area contributed by atoms with Crippen LogP contribution in [0, 0.1) is 0 Å². The summed E-state index contributed by atoms with van der Waals surface area (Å²) >= 11 is 0. The van der Waals surface area contributed by atoms with E-state index in [0.29, 0.717) is 6.42 Å². The number of ketones is 1. The summed E-state index contributed by atoms with van der Waals surface area (Å²) in [5, 5.41) is 2.18. The number of carbonyl (C=O) groups excluding carboxylic acids is 3. The van der Waals surface area contributed by atoms with E-state index < -0.39 is 0 Å². The van der Waals surface area contributed by atoms with Crippen LogP contribution in [0.2, 0.25) is 0 Å². The van der Waals surface area contributed by atoms with E-state index in [4.69, 9.17) is 0 Å². The molecule has 1 aliphatic rings. The van der Waals surface area contributed by atoms with Crippen LogP contribution in [0.25, 0.3) is 21.9 Å². The highest BCUT2D eigenvalue weighted by Crippen LogP contribution is 2.40. The Labute approximate surface area is 188 Å². The average Bonchev–Trinajstić information content (AvgIpc) is 3.15. The molecule has 2 amide bonds. The summed E-state index contributed by atoms with van der Waals surface area (Å²) in [6, 6.07) is 16.4. The molecule has 0 aliphatic heterocycles. The van der Waals surface area contributed by atoms with E-state index in [1.807, 2.05) is 38.4 Å². The van der Waals surface area contributed by atoms with Crippen molar-refractivity contribution in [3.8, 4) is 11.1 Å². The van der Waals surface area contributed by atoms with Crippen molar-refractivity contribution in [1.82, 2.24) is 4.90 Å². The molecule has 5 nitrogen and oxygen atoms in total. The van der Waals surface area contributed by atoms with Gasteiger partial charge in [-0.2, -0.15) is 0 Å². The van der Waals surface area contributed by atoms with Crippen molar-refractivity contribution >= 4 is 34.1 Å². The highest BCUT2D eigenvalue weighted by molar-refractivity contribution is 6.14. The van der Waals surface area contributed by atoms with Crippen molar-refractivity contribution in [3.05, 3.63) is 65.2 Å². The molecule has 0 bridgehead atoms. The minimum atomic E-state index is -0.255. The van der Waals surface area contributed by atoms with Crippen LogP contribution in [0.1, 0.15) is 48.2 Å². The van der Waals surface area contributed by atoms with Gasteiger partial charge in [-0.3, -0.25) is 19.3 Å². The Balaban J connectivity index is 1.81. The molecular weight excluding hydrogens is 400 g/mol. The van der Waals surface area contributed by atoms with Gasteiger partial charge in [0.15, 0.2) is 5.78 Å². The fraction of sp³-hybridized carbons (Fsp3) is 0.296. The van der Waals surface area contributed by atoms with Gasteiger partial charge in [0.1, 0.15) is 0 Å². The Bertz CT molecular complexity index is 1230. The molecule has 0 saturated heterocycles. The van der Waals surface area contributed by atoms with Gasteiger partial charge in [-0.05, 0) is 46.0 Å². The first-order valence-corrected chi connectivity index (χ1v) is 11.0. The van der Waals surface area contributed by atoms with Gasteiger partial charge >= 0.3 is 0 Å². The number of aryl methyl sites for hydroxylation is 1. The van der Waals surface area contributed by atoms with E-state index >= 15 is 0 Å². The molecule has 3 aromatic carbocycles. The molecule has 0 heterocycles. The molecular formula is C27H28N2O3. The Morgan fingerprint density at radius 2 is 1.66 bits per heavy atom. The van der Waals surface area contributed by atoms with Crippen LogP contribution in [0.4, 0.5) is 5.69 Å². The molecule has 0 atom stereocenters. The zero-order valence-electron chi connectivity index (χ0n) is 19.1. The monoisotopic (exact) mass is 428 g/mol. The lowest BCUT2D eigenvalue weighted by Crippen LogP contribution is -2.33. The molecule has 0 N–H and O–H groups in total. The number of hydrogen-bond acceptors (Lipinski definition) is 4. The molecule has 0 radical (unpaired) electrons. The first kappa shape index (κ1) is 21.8. The molecule has 4 rings (SSSR count). The van der Waals surface area contributed by atoms with Crippen LogP contribution in [0.15, 0.2) is 48.5 Å². The lowest BCUT2D eigenvalue weighted by Gasteiger charge is -2.19. The van der Waals surface area contributed by atoms with Crippen molar-refractivity contribution in [2.24, 2.45) is 0 Å². The maximum atomic E-state index is 12.8. The molecule has 0 saturated carbocycles. The number of Topliss-reactive ketones (excluding diaryl/α,β-unsaturated/α-hetero) is 1. The van der Waals surface area contributed by atoms with Gasteiger partial charge in [-0.1, -0.05) is 43.3 Å². The summed E-state index contributed by atoms with van der Waals surface area (Å²) in [7, 11) is 4.01. The highest BCUT2D eigenvalue weighted by Gasteiger charge is 2.26. The molecule has 32 heavy (non-hydrogen) atoms. The second-order valence-corrected chi connectivity index (χ2v) is 8.56. The van der Waals surface area contributed by atoms with Crippen LogP contribution < -0.4 is 4.90 Å². The number of fused-ring (bicyclic) bond motifs is 2. The zero-order chi connectivity index (χ0) is 23.0. The van der Waals surface area contributed by atoms with Crippen LogP contribution in [0.3, 0.4) is 0 Å². The third-order valence-electron chi connectivity index (χ3n) is 6.19. The molecule has 0 fully saturated rings. The van der Waals surface area contributed by atoms with Crippen LogP contribution in [0.5, 0.6) is 0 Å². The Morgan fingerprint density at radius 1 is 0.938 bits per heavy atom. The second kappa shape index (κ2) is 8.58. The average molecular weight is 429 g/mol. The summed E-state index contributed by atoms with van der Waals surface area (Å²) in [5.41, 5.74) is 5.84. The topological polar surface area (TPSA) is 57.7 Å². The quantitative estimate of drug-likeness (QED) is 0.575. The van der Waals surface area contributed by atoms with Gasteiger partial charge in [0.2, 0.25) is 11.8 Å². The Kier molecular flexibility index (Phi) is 5.83. The number of imide groups is 1. The number of nitrogens with zero attached hydrogens (tertiary/aromatic N) is 2. The molecule has 3 aromatic rings. The van der Waals surface area contributed by atoms with Gasteiger partial charge in [0, 0.05) is 50.7 Å². The van der Waals surface area contributed by atoms with Crippen molar-refractivity contribution in [1.29, 1.82) is 0 Å². The summed E-state index contributed by atoms with van der Waals surface area (Å²) in [6.07, 6.45) is 1.61. The number of anilines is 1. The molecule has 0 aromatic heterocycles. The predicted molar refractivity (Wildman–Crippen MR) is 128 cm³/mol. The highest BCUT2D eigenvalue weighted by atomic mass is 16.2. The summed E-state index contributed by atoms with van der Waals surface area (Å²) in [5.74, 6) is -0.252. The number of benzene rings is 3. The third-order valence-corrected chi connectivity index (χ3v) is 6.19. The maximum absolute atomic E-state index is 12.8. The smallest absolute Gasteiger partial charge is 0.229 e. The molecule has 0 unspecified atom stereocenters. The predicted octanol–water partition coefficient (Wildman–Crippen LogP) is 4.99. The molecule has 0 spiro atoms. The Hall–Kier alpha value is -3.47. The van der Waals surface area contributed by atoms with E-state index in [1.54, 1.807) is 6.92 Å². The fourth-order valence-corrected chi connectivity index (χ4v) is 4.43. The van der Waals surface area contributed by atoms with E-state index in [0.717, 1.165) is 50.7 Å². The summed E-state index contributed by atoms with van der Waals surface area (Å²) in [4.78, 5) is 40.2. The number of rotatable bonds is 5. The lowest BCUT2D eigenvalue weighted by atomic mass is 9.90. The van der Waals surface area contributed by atoms with E-state index in [1.165, 1.54) is 11.8 Å². The zero-order valence-corrected chi connectivity index (χ0v) is 19.1.